The SMILES string of the molecule is CCC(CC)Nc1ccccc1C(C)=O. The highest BCUT2D eigenvalue weighted by molar-refractivity contribution is 5.99. The van der Waals surface area contributed by atoms with E-state index in [0.717, 1.165) is 24.1 Å². The van der Waals surface area contributed by atoms with E-state index in [2.05, 4.69) is 19.2 Å². The van der Waals surface area contributed by atoms with E-state index < -0.39 is 0 Å². The van der Waals surface area contributed by atoms with Crippen molar-refractivity contribution in [3.63, 3.8) is 0 Å². The van der Waals surface area contributed by atoms with Crippen LogP contribution in [-0.4, -0.2) is 11.8 Å². The van der Waals surface area contributed by atoms with E-state index in [1.54, 1.807) is 6.92 Å². The van der Waals surface area contributed by atoms with Crippen LogP contribution in [-0.2, 0) is 0 Å². The maximum absolute atomic E-state index is 11.4. The van der Waals surface area contributed by atoms with Crippen LogP contribution in [0.25, 0.3) is 0 Å². The number of anilines is 1. The van der Waals surface area contributed by atoms with Crippen LogP contribution >= 0.6 is 0 Å². The minimum absolute atomic E-state index is 0.115. The van der Waals surface area contributed by atoms with Gasteiger partial charge in [0, 0.05) is 17.3 Å². The van der Waals surface area contributed by atoms with Crippen molar-refractivity contribution in [2.45, 2.75) is 39.7 Å². The monoisotopic (exact) mass is 205 g/mol. The molecule has 0 bridgehead atoms. The summed E-state index contributed by atoms with van der Waals surface area (Å²) < 4.78 is 0. The number of Topliss-reactive ketones (excluding diaryl/α,β-unsaturated/α-hetero) is 1. The third-order valence-electron chi connectivity index (χ3n) is 2.65. The molecule has 2 heteroatoms. The molecule has 0 atom stereocenters. The number of carbonyl (C=O) groups excluding carboxylic acids is 1. The summed E-state index contributed by atoms with van der Waals surface area (Å²) in [7, 11) is 0. The Hall–Kier alpha value is -1.31. The molecule has 0 amide bonds. The van der Waals surface area contributed by atoms with Gasteiger partial charge in [0.25, 0.3) is 0 Å². The topological polar surface area (TPSA) is 29.1 Å². The molecule has 15 heavy (non-hydrogen) atoms. The van der Waals surface area contributed by atoms with Crippen molar-refractivity contribution >= 4 is 11.5 Å². The van der Waals surface area contributed by atoms with Crippen molar-refractivity contribution in [3.8, 4) is 0 Å². The van der Waals surface area contributed by atoms with Gasteiger partial charge in [0.2, 0.25) is 0 Å². The van der Waals surface area contributed by atoms with Gasteiger partial charge >= 0.3 is 0 Å². The zero-order valence-corrected chi connectivity index (χ0v) is 9.71. The molecule has 1 rings (SSSR count). The van der Waals surface area contributed by atoms with Crippen molar-refractivity contribution in [2.24, 2.45) is 0 Å². The Morgan fingerprint density at radius 1 is 1.27 bits per heavy atom. The van der Waals surface area contributed by atoms with Crippen molar-refractivity contribution in [1.82, 2.24) is 0 Å². The van der Waals surface area contributed by atoms with Gasteiger partial charge in [-0.15, -0.1) is 0 Å². The molecular formula is C13H19NO. The maximum atomic E-state index is 11.4. The lowest BCUT2D eigenvalue weighted by Crippen LogP contribution is -2.18. The van der Waals surface area contributed by atoms with Gasteiger partial charge in [-0.2, -0.15) is 0 Å². The Kier molecular flexibility index (Phi) is 4.35. The van der Waals surface area contributed by atoms with Crippen molar-refractivity contribution in [1.29, 1.82) is 0 Å². The van der Waals surface area contributed by atoms with E-state index in [-0.39, 0.29) is 5.78 Å². The minimum atomic E-state index is 0.115. The summed E-state index contributed by atoms with van der Waals surface area (Å²) in [6, 6.07) is 8.14. The van der Waals surface area contributed by atoms with Gasteiger partial charge in [0.05, 0.1) is 0 Å². The Balaban J connectivity index is 2.88. The predicted octanol–water partition coefficient (Wildman–Crippen LogP) is 3.49. The standard InChI is InChI=1S/C13H19NO/c1-4-11(5-2)14-13-9-7-6-8-12(13)10(3)15/h6-9,11,14H,4-5H2,1-3H3. The van der Waals surface area contributed by atoms with Gasteiger partial charge in [0.1, 0.15) is 0 Å². The molecular weight excluding hydrogens is 186 g/mol. The molecule has 0 fully saturated rings. The summed E-state index contributed by atoms with van der Waals surface area (Å²) in [5.41, 5.74) is 1.74. The van der Waals surface area contributed by atoms with Crippen molar-refractivity contribution in [2.75, 3.05) is 5.32 Å². The van der Waals surface area contributed by atoms with Gasteiger partial charge in [0.15, 0.2) is 5.78 Å². The number of ketones is 1. The maximum Gasteiger partial charge on any atom is 0.161 e. The quantitative estimate of drug-likeness (QED) is 0.745. The fraction of sp³-hybridized carbons (Fsp3) is 0.462. The lowest BCUT2D eigenvalue weighted by atomic mass is 10.1. The second kappa shape index (κ2) is 5.54. The Labute approximate surface area is 91.7 Å². The molecule has 0 aliphatic carbocycles. The molecule has 0 aliphatic rings. The Bertz CT molecular complexity index is 329. The van der Waals surface area contributed by atoms with Gasteiger partial charge in [-0.25, -0.2) is 0 Å². The second-order valence-corrected chi connectivity index (χ2v) is 3.76. The van der Waals surface area contributed by atoms with E-state index >= 15 is 0 Å². The highest BCUT2D eigenvalue weighted by Gasteiger charge is 2.09. The smallest absolute Gasteiger partial charge is 0.161 e. The summed E-state index contributed by atoms with van der Waals surface area (Å²) in [5, 5.41) is 3.41. The normalized spacial score (nSPS) is 10.4. The molecule has 0 radical (unpaired) electrons. The Morgan fingerprint density at radius 3 is 2.40 bits per heavy atom. The number of para-hydroxylation sites is 1. The van der Waals surface area contributed by atoms with Crippen molar-refractivity contribution in [3.05, 3.63) is 29.8 Å². The first kappa shape index (κ1) is 11.8. The van der Waals surface area contributed by atoms with E-state index in [1.807, 2.05) is 24.3 Å². The first-order chi connectivity index (χ1) is 7.19. The van der Waals surface area contributed by atoms with Crippen LogP contribution in [0.4, 0.5) is 5.69 Å². The molecule has 0 spiro atoms. The number of carbonyl (C=O) groups is 1. The molecule has 1 aromatic rings. The van der Waals surface area contributed by atoms with Gasteiger partial charge < -0.3 is 5.32 Å². The number of hydrogen-bond acceptors (Lipinski definition) is 2. The molecule has 1 N–H and O–H groups in total. The fourth-order valence-corrected chi connectivity index (χ4v) is 1.63. The van der Waals surface area contributed by atoms with Crippen molar-refractivity contribution < 1.29 is 4.79 Å². The number of benzene rings is 1. The average molecular weight is 205 g/mol. The third kappa shape index (κ3) is 3.08. The van der Waals surface area contributed by atoms with Crippen LogP contribution < -0.4 is 5.32 Å². The summed E-state index contributed by atoms with van der Waals surface area (Å²) in [5.74, 6) is 0.115. The molecule has 82 valence electrons. The summed E-state index contributed by atoms with van der Waals surface area (Å²) in [6.45, 7) is 5.91. The highest BCUT2D eigenvalue weighted by atomic mass is 16.1. The minimum Gasteiger partial charge on any atom is -0.382 e. The molecule has 0 unspecified atom stereocenters. The van der Waals surface area contributed by atoms with Crippen LogP contribution in [0, 0.1) is 0 Å². The summed E-state index contributed by atoms with van der Waals surface area (Å²) >= 11 is 0. The van der Waals surface area contributed by atoms with Crippen LogP contribution in [0.5, 0.6) is 0 Å². The first-order valence-corrected chi connectivity index (χ1v) is 5.55. The second-order valence-electron chi connectivity index (χ2n) is 3.76. The lowest BCUT2D eigenvalue weighted by Gasteiger charge is -2.18. The molecule has 2 nitrogen and oxygen atoms in total. The first-order valence-electron chi connectivity index (χ1n) is 5.55. The van der Waals surface area contributed by atoms with Crippen LogP contribution in [0.3, 0.4) is 0 Å². The lowest BCUT2D eigenvalue weighted by molar-refractivity contribution is 0.101. The van der Waals surface area contributed by atoms with Crippen LogP contribution in [0.1, 0.15) is 44.0 Å². The zero-order valence-electron chi connectivity index (χ0n) is 9.71. The summed E-state index contributed by atoms with van der Waals surface area (Å²) in [4.78, 5) is 11.4. The molecule has 0 aliphatic heterocycles. The average Bonchev–Trinajstić information content (AvgIpc) is 2.26. The number of hydrogen-bond donors (Lipinski definition) is 1. The predicted molar refractivity (Wildman–Crippen MR) is 64.4 cm³/mol. The van der Waals surface area contributed by atoms with E-state index in [9.17, 15) is 4.79 Å². The van der Waals surface area contributed by atoms with Crippen LogP contribution in [0.15, 0.2) is 24.3 Å². The number of nitrogens with one attached hydrogen (secondary N) is 1. The zero-order chi connectivity index (χ0) is 11.3. The highest BCUT2D eigenvalue weighted by Crippen LogP contribution is 2.18. The molecule has 0 aromatic heterocycles. The third-order valence-corrected chi connectivity index (χ3v) is 2.65. The number of rotatable bonds is 5. The van der Waals surface area contributed by atoms with E-state index in [1.165, 1.54) is 0 Å². The molecule has 1 aromatic carbocycles. The van der Waals surface area contributed by atoms with Gasteiger partial charge in [-0.1, -0.05) is 26.0 Å². The Morgan fingerprint density at radius 2 is 1.87 bits per heavy atom. The van der Waals surface area contributed by atoms with E-state index in [0.29, 0.717) is 6.04 Å². The van der Waals surface area contributed by atoms with Gasteiger partial charge in [-0.3, -0.25) is 4.79 Å². The molecule has 0 heterocycles. The molecule has 0 saturated heterocycles. The largest absolute Gasteiger partial charge is 0.382 e. The molecule has 0 saturated carbocycles. The fourth-order valence-electron chi connectivity index (χ4n) is 1.63. The van der Waals surface area contributed by atoms with Gasteiger partial charge in [-0.05, 0) is 31.9 Å². The van der Waals surface area contributed by atoms with E-state index in [4.69, 9.17) is 0 Å². The van der Waals surface area contributed by atoms with Crippen LogP contribution in [0.2, 0.25) is 0 Å². The summed E-state index contributed by atoms with van der Waals surface area (Å²) in [6.07, 6.45) is 2.14.